The van der Waals surface area contributed by atoms with E-state index in [0.717, 1.165) is 0 Å². The van der Waals surface area contributed by atoms with Crippen LogP contribution >= 0.6 is 11.8 Å². The molecule has 2 aliphatic carbocycles. The molecule has 0 radical (unpaired) electrons. The topological polar surface area (TPSA) is 0 Å². The zero-order valence-electron chi connectivity index (χ0n) is 24.9. The highest BCUT2D eigenvalue weighted by molar-refractivity contribution is 8.00. The van der Waals surface area contributed by atoms with Gasteiger partial charge in [-0.15, -0.1) is 0 Å². The molecule has 0 fully saturated rings. The summed E-state index contributed by atoms with van der Waals surface area (Å²) in [7, 11) is 0. The van der Waals surface area contributed by atoms with Crippen LogP contribution in [0.2, 0.25) is 0 Å². The van der Waals surface area contributed by atoms with Crippen LogP contribution in [0.1, 0.15) is 22.3 Å². The fraction of sp³-hybridized carbons (Fsp3) is 0.0222. The van der Waals surface area contributed by atoms with Crippen LogP contribution in [0.5, 0.6) is 0 Å². The highest BCUT2D eigenvalue weighted by atomic mass is 32.2. The Bertz CT molecular complexity index is 2630. The number of hydrogen-bond acceptors (Lipinski definition) is 1. The van der Waals surface area contributed by atoms with Gasteiger partial charge in [0, 0.05) is 15.2 Å². The van der Waals surface area contributed by atoms with Crippen LogP contribution in [0.15, 0.2) is 168 Å². The largest absolute Gasteiger partial charge is 0.0881 e. The molecular formula is C45H26S. The second-order valence-electron chi connectivity index (χ2n) is 12.8. The van der Waals surface area contributed by atoms with Gasteiger partial charge in [-0.05, 0) is 95.1 Å². The van der Waals surface area contributed by atoms with Crippen LogP contribution in [-0.2, 0) is 5.41 Å². The lowest BCUT2D eigenvalue weighted by atomic mass is 9.70. The molecule has 46 heavy (non-hydrogen) atoms. The van der Waals surface area contributed by atoms with Gasteiger partial charge in [0.1, 0.15) is 0 Å². The van der Waals surface area contributed by atoms with E-state index in [4.69, 9.17) is 0 Å². The van der Waals surface area contributed by atoms with E-state index in [1.165, 1.54) is 98.1 Å². The first-order chi connectivity index (χ1) is 22.8. The lowest BCUT2D eigenvalue weighted by Gasteiger charge is -2.31. The zero-order chi connectivity index (χ0) is 30.0. The van der Waals surface area contributed by atoms with Crippen molar-refractivity contribution in [1.29, 1.82) is 0 Å². The third kappa shape index (κ3) is 2.97. The normalized spacial score (nSPS) is 16.3. The molecule has 8 aromatic carbocycles. The number of hydrogen-bond donors (Lipinski definition) is 0. The highest BCUT2D eigenvalue weighted by Crippen LogP contribution is 2.64. The molecule has 11 rings (SSSR count). The van der Waals surface area contributed by atoms with E-state index in [1.807, 2.05) is 11.8 Å². The average Bonchev–Trinajstić information content (AvgIpc) is 3.59. The molecule has 1 unspecified atom stereocenters. The maximum Gasteiger partial charge on any atom is 0.0725 e. The van der Waals surface area contributed by atoms with Crippen LogP contribution in [0.3, 0.4) is 0 Å². The summed E-state index contributed by atoms with van der Waals surface area (Å²) in [6.45, 7) is 0. The molecule has 1 aliphatic heterocycles. The van der Waals surface area contributed by atoms with E-state index in [9.17, 15) is 0 Å². The third-order valence-electron chi connectivity index (χ3n) is 10.7. The van der Waals surface area contributed by atoms with Crippen molar-refractivity contribution in [2.45, 2.75) is 15.2 Å². The fourth-order valence-electron chi connectivity index (χ4n) is 8.87. The minimum Gasteiger partial charge on any atom is -0.0881 e. The van der Waals surface area contributed by atoms with Crippen molar-refractivity contribution in [3.05, 3.63) is 180 Å². The van der Waals surface area contributed by atoms with Gasteiger partial charge in [0.2, 0.25) is 0 Å². The second kappa shape index (κ2) is 8.88. The molecule has 0 saturated heterocycles. The summed E-state index contributed by atoms with van der Waals surface area (Å²) >= 11 is 1.92. The molecule has 0 amide bonds. The van der Waals surface area contributed by atoms with Gasteiger partial charge in [-0.1, -0.05) is 157 Å². The van der Waals surface area contributed by atoms with Gasteiger partial charge in [0.15, 0.2) is 0 Å². The smallest absolute Gasteiger partial charge is 0.0725 e. The van der Waals surface area contributed by atoms with Gasteiger partial charge < -0.3 is 0 Å². The van der Waals surface area contributed by atoms with Gasteiger partial charge in [-0.3, -0.25) is 0 Å². The van der Waals surface area contributed by atoms with Gasteiger partial charge in [-0.25, -0.2) is 0 Å². The Labute approximate surface area is 272 Å². The van der Waals surface area contributed by atoms with Crippen LogP contribution in [0.4, 0.5) is 0 Å². The maximum absolute atomic E-state index is 2.53. The SMILES string of the molecule is c1ccc2c(c1)Sc1c(-c3ccc4c(c3)C3(c5ccccc5-4)c4ccccc4-c4c3ccc3ccccc43)ccc3cccc-2c13. The molecule has 0 bridgehead atoms. The Morgan fingerprint density at radius 3 is 1.96 bits per heavy atom. The minimum absolute atomic E-state index is 0.378. The Morgan fingerprint density at radius 2 is 1.04 bits per heavy atom. The molecule has 0 N–H and O–H groups in total. The quantitative estimate of drug-likeness (QED) is 0.181. The van der Waals surface area contributed by atoms with E-state index >= 15 is 0 Å². The molecule has 1 atom stereocenters. The average molecular weight is 599 g/mol. The standard InChI is InChI=1S/C45H26S/c1-2-12-30-27(10-1)22-25-39-43(30)36-15-4-7-18-38(36)45(39)37-17-6-3-13-32(37)33-24-21-29(26-40(33)45)31-23-20-28-11-9-16-35-34-14-5-8-19-41(34)46-44(31)42(28)35/h1-26H. The molecule has 1 spiro atoms. The molecule has 0 saturated carbocycles. The van der Waals surface area contributed by atoms with Crippen LogP contribution in [0.25, 0.3) is 66.1 Å². The van der Waals surface area contributed by atoms with Crippen molar-refractivity contribution < 1.29 is 0 Å². The molecule has 1 heteroatoms. The lowest BCUT2D eigenvalue weighted by Crippen LogP contribution is -2.25. The van der Waals surface area contributed by atoms with Gasteiger partial charge in [-0.2, -0.15) is 0 Å². The maximum atomic E-state index is 2.53. The van der Waals surface area contributed by atoms with E-state index in [2.05, 4.69) is 158 Å². The van der Waals surface area contributed by atoms with Crippen molar-refractivity contribution in [1.82, 2.24) is 0 Å². The highest BCUT2D eigenvalue weighted by Gasteiger charge is 2.52. The first kappa shape index (κ1) is 24.9. The summed E-state index contributed by atoms with van der Waals surface area (Å²) < 4.78 is 0. The summed E-state index contributed by atoms with van der Waals surface area (Å²) in [6, 6.07) is 59.4. The van der Waals surface area contributed by atoms with E-state index < -0.39 is 0 Å². The Balaban J connectivity index is 1.24. The third-order valence-corrected chi connectivity index (χ3v) is 11.9. The van der Waals surface area contributed by atoms with Crippen LogP contribution in [0, 0.1) is 0 Å². The van der Waals surface area contributed by atoms with Crippen molar-refractivity contribution in [2.24, 2.45) is 0 Å². The van der Waals surface area contributed by atoms with Crippen molar-refractivity contribution in [3.63, 3.8) is 0 Å². The summed E-state index contributed by atoms with van der Waals surface area (Å²) in [5, 5.41) is 5.28. The number of fused-ring (bicyclic) bond motifs is 14. The summed E-state index contributed by atoms with van der Waals surface area (Å²) in [6.07, 6.45) is 0. The monoisotopic (exact) mass is 598 g/mol. The van der Waals surface area contributed by atoms with Gasteiger partial charge in [0.05, 0.1) is 5.41 Å². The molecular weight excluding hydrogens is 573 g/mol. The first-order valence-electron chi connectivity index (χ1n) is 16.0. The van der Waals surface area contributed by atoms with Gasteiger partial charge >= 0.3 is 0 Å². The van der Waals surface area contributed by atoms with Crippen molar-refractivity contribution in [2.75, 3.05) is 0 Å². The predicted molar refractivity (Wildman–Crippen MR) is 193 cm³/mol. The Kier molecular flexibility index (Phi) is 4.80. The predicted octanol–water partition coefficient (Wildman–Crippen LogP) is 12.1. The first-order valence-corrected chi connectivity index (χ1v) is 16.8. The summed E-state index contributed by atoms with van der Waals surface area (Å²) in [4.78, 5) is 2.68. The van der Waals surface area contributed by atoms with E-state index in [0.29, 0.717) is 0 Å². The van der Waals surface area contributed by atoms with Crippen LogP contribution < -0.4 is 0 Å². The molecule has 3 aliphatic rings. The number of rotatable bonds is 1. The zero-order valence-corrected chi connectivity index (χ0v) is 25.7. The minimum atomic E-state index is -0.378. The lowest BCUT2D eigenvalue weighted by molar-refractivity contribution is 0.794. The number of benzene rings is 8. The second-order valence-corrected chi connectivity index (χ2v) is 13.8. The Morgan fingerprint density at radius 1 is 0.391 bits per heavy atom. The molecule has 8 aromatic rings. The summed E-state index contributed by atoms with van der Waals surface area (Å²) in [5.41, 5.74) is 15.8. The van der Waals surface area contributed by atoms with E-state index in [-0.39, 0.29) is 5.41 Å². The van der Waals surface area contributed by atoms with E-state index in [1.54, 1.807) is 0 Å². The van der Waals surface area contributed by atoms with Gasteiger partial charge in [0.25, 0.3) is 0 Å². The van der Waals surface area contributed by atoms with Crippen LogP contribution in [-0.4, -0.2) is 0 Å². The Hall–Kier alpha value is -5.37. The molecule has 1 heterocycles. The molecule has 212 valence electrons. The van der Waals surface area contributed by atoms with Crippen molar-refractivity contribution in [3.8, 4) is 44.5 Å². The summed E-state index contributed by atoms with van der Waals surface area (Å²) in [5.74, 6) is 0. The fourth-order valence-corrected chi connectivity index (χ4v) is 10.1. The molecule has 0 nitrogen and oxygen atoms in total. The molecule has 0 aromatic heterocycles. The van der Waals surface area contributed by atoms with Crippen molar-refractivity contribution >= 4 is 33.3 Å².